The Balaban J connectivity index is 1.38. The number of anilines is 2. The van der Waals surface area contributed by atoms with Gasteiger partial charge in [-0.15, -0.1) is 0 Å². The number of nitrogens with one attached hydrogen (secondary N) is 3. The number of fused-ring (bicyclic) bond motifs is 3. The molecule has 1 fully saturated rings. The number of ether oxygens (including phenoxy) is 1. The molecule has 0 spiro atoms. The van der Waals surface area contributed by atoms with Crippen LogP contribution >= 0.6 is 0 Å². The molecule has 1 aliphatic carbocycles. The van der Waals surface area contributed by atoms with Crippen LogP contribution in [0.4, 0.5) is 11.4 Å². The van der Waals surface area contributed by atoms with E-state index in [0.29, 0.717) is 25.6 Å². The molecule has 2 unspecified atom stereocenters. The van der Waals surface area contributed by atoms with Gasteiger partial charge in [0, 0.05) is 42.9 Å². The van der Waals surface area contributed by atoms with Crippen LogP contribution in [0.25, 0.3) is 11.1 Å². The van der Waals surface area contributed by atoms with E-state index in [1.165, 1.54) is 35.1 Å². The van der Waals surface area contributed by atoms with E-state index in [2.05, 4.69) is 47.1 Å². The molecule has 1 heterocycles. The van der Waals surface area contributed by atoms with Crippen molar-refractivity contribution in [3.63, 3.8) is 0 Å². The van der Waals surface area contributed by atoms with Crippen molar-refractivity contribution >= 4 is 23.2 Å². The van der Waals surface area contributed by atoms with Crippen LogP contribution in [0.1, 0.15) is 56.1 Å². The minimum absolute atomic E-state index is 0.0626. The van der Waals surface area contributed by atoms with Crippen molar-refractivity contribution in [3.05, 3.63) is 47.5 Å². The second kappa shape index (κ2) is 10.9. The van der Waals surface area contributed by atoms with Gasteiger partial charge in [-0.2, -0.15) is 0 Å². The molecule has 0 saturated carbocycles. The number of nitrogens with two attached hydrogens (primary N) is 1. The summed E-state index contributed by atoms with van der Waals surface area (Å²) in [5, 5.41) is 9.34. The van der Waals surface area contributed by atoms with Crippen LogP contribution in [0.5, 0.6) is 0 Å². The molecule has 4 rings (SSSR count). The van der Waals surface area contributed by atoms with Gasteiger partial charge < -0.3 is 26.4 Å². The lowest BCUT2D eigenvalue weighted by Crippen LogP contribution is -2.24. The van der Waals surface area contributed by atoms with Crippen molar-refractivity contribution in [2.45, 2.75) is 51.0 Å². The zero-order chi connectivity index (χ0) is 23.2. The summed E-state index contributed by atoms with van der Waals surface area (Å²) in [5.74, 6) is 0.00361. The van der Waals surface area contributed by atoms with Gasteiger partial charge in [0.05, 0.1) is 0 Å². The zero-order valence-corrected chi connectivity index (χ0v) is 19.3. The summed E-state index contributed by atoms with van der Waals surface area (Å²) >= 11 is 0. The van der Waals surface area contributed by atoms with Crippen molar-refractivity contribution in [1.29, 1.82) is 0 Å². The number of benzene rings is 2. The van der Waals surface area contributed by atoms with Crippen molar-refractivity contribution < 1.29 is 14.3 Å². The van der Waals surface area contributed by atoms with Gasteiger partial charge in [0.15, 0.2) is 0 Å². The van der Waals surface area contributed by atoms with E-state index in [1.54, 1.807) is 0 Å². The summed E-state index contributed by atoms with van der Waals surface area (Å²) in [6.07, 6.45) is 4.58. The molecule has 1 saturated heterocycles. The number of amides is 2. The summed E-state index contributed by atoms with van der Waals surface area (Å²) < 4.78 is 5.58. The first-order valence-corrected chi connectivity index (χ1v) is 12.0. The average molecular weight is 451 g/mol. The number of hydrogen-bond donors (Lipinski definition) is 4. The first-order chi connectivity index (χ1) is 16.1. The van der Waals surface area contributed by atoms with E-state index in [1.807, 2.05) is 12.1 Å². The molecule has 2 aliphatic rings. The normalized spacial score (nSPS) is 18.6. The maximum Gasteiger partial charge on any atom is 0.250 e. The number of carbonyl (C=O) groups is 2. The third-order valence-corrected chi connectivity index (χ3v) is 6.50. The predicted octanol–water partition coefficient (Wildman–Crippen LogP) is 3.59. The van der Waals surface area contributed by atoms with Crippen molar-refractivity contribution in [2.24, 2.45) is 5.73 Å². The Bertz CT molecular complexity index is 1000. The van der Waals surface area contributed by atoms with Crippen LogP contribution in [0.15, 0.2) is 36.4 Å². The number of hydrogen-bond acceptors (Lipinski definition) is 5. The molecule has 2 aromatic carbocycles. The molecule has 176 valence electrons. The van der Waals surface area contributed by atoms with Crippen molar-refractivity contribution in [2.75, 3.05) is 36.9 Å². The second-order valence-corrected chi connectivity index (χ2v) is 8.83. The van der Waals surface area contributed by atoms with E-state index in [0.717, 1.165) is 30.8 Å². The molecule has 33 heavy (non-hydrogen) atoms. The van der Waals surface area contributed by atoms with Crippen molar-refractivity contribution in [3.8, 4) is 11.1 Å². The first-order valence-electron chi connectivity index (χ1n) is 12.0. The van der Waals surface area contributed by atoms with Crippen LogP contribution < -0.4 is 21.7 Å². The molecule has 0 radical (unpaired) electrons. The minimum atomic E-state index is -0.136. The maximum absolute atomic E-state index is 12.4. The standard InChI is InChI=1S/C26H34N4O3/c1-2-20-23-14-18(29-25(31)9-11-27)5-7-21(23)22-8-6-19(15-24(20)22)30-26(32)16-33-13-10-17-4-3-12-28-17/h5-8,14-15,17,20,28H,2-4,9-13,16,27H2,1H3,(H,29,31)(H,30,32). The largest absolute Gasteiger partial charge is 0.372 e. The van der Waals surface area contributed by atoms with E-state index in [-0.39, 0.29) is 24.3 Å². The fourth-order valence-electron chi connectivity index (χ4n) is 4.90. The van der Waals surface area contributed by atoms with Crippen LogP contribution in [-0.2, 0) is 14.3 Å². The summed E-state index contributed by atoms with van der Waals surface area (Å²) in [6.45, 7) is 4.22. The van der Waals surface area contributed by atoms with Crippen LogP contribution in [0, 0.1) is 0 Å². The Labute approximate surface area is 195 Å². The molecule has 5 N–H and O–H groups in total. The van der Waals surface area contributed by atoms with Gasteiger partial charge in [0.2, 0.25) is 11.8 Å². The highest BCUT2D eigenvalue weighted by Crippen LogP contribution is 2.48. The molecule has 0 bridgehead atoms. The minimum Gasteiger partial charge on any atom is -0.372 e. The molecule has 7 nitrogen and oxygen atoms in total. The number of rotatable bonds is 10. The van der Waals surface area contributed by atoms with E-state index in [9.17, 15) is 9.59 Å². The van der Waals surface area contributed by atoms with Gasteiger partial charge in [0.1, 0.15) is 6.61 Å². The van der Waals surface area contributed by atoms with Crippen LogP contribution in [-0.4, -0.2) is 44.2 Å². The Morgan fingerprint density at radius 3 is 2.30 bits per heavy atom. The van der Waals surface area contributed by atoms with E-state index in [4.69, 9.17) is 10.5 Å². The topological polar surface area (TPSA) is 105 Å². The monoisotopic (exact) mass is 450 g/mol. The average Bonchev–Trinajstić information content (AvgIpc) is 3.42. The molecule has 2 aromatic rings. The third kappa shape index (κ3) is 5.61. The molecule has 7 heteroatoms. The third-order valence-electron chi connectivity index (χ3n) is 6.50. The van der Waals surface area contributed by atoms with Gasteiger partial charge in [-0.3, -0.25) is 9.59 Å². The number of carbonyl (C=O) groups excluding carboxylic acids is 2. The van der Waals surface area contributed by atoms with Crippen molar-refractivity contribution in [1.82, 2.24) is 5.32 Å². The SMILES string of the molecule is CCC1c2cc(NC(=O)CCN)ccc2-c2ccc(NC(=O)COCCC3CCCN3)cc21. The second-order valence-electron chi connectivity index (χ2n) is 8.83. The first kappa shape index (κ1) is 23.4. The Hall–Kier alpha value is -2.74. The fraction of sp³-hybridized carbons (Fsp3) is 0.462. The summed E-state index contributed by atoms with van der Waals surface area (Å²) in [6, 6.07) is 12.7. The van der Waals surface area contributed by atoms with Gasteiger partial charge in [-0.25, -0.2) is 0 Å². The molecule has 2 atom stereocenters. The summed E-state index contributed by atoms with van der Waals surface area (Å²) in [5.41, 5.74) is 11.8. The lowest BCUT2D eigenvalue weighted by molar-refractivity contribution is -0.120. The predicted molar refractivity (Wildman–Crippen MR) is 131 cm³/mol. The molecular weight excluding hydrogens is 416 g/mol. The molecule has 1 aliphatic heterocycles. The molecule has 2 amide bonds. The smallest absolute Gasteiger partial charge is 0.250 e. The quantitative estimate of drug-likeness (QED) is 0.414. The highest BCUT2D eigenvalue weighted by molar-refractivity contribution is 5.94. The molecular formula is C26H34N4O3. The summed E-state index contributed by atoms with van der Waals surface area (Å²) in [7, 11) is 0. The van der Waals surface area contributed by atoms with Crippen LogP contribution in [0.3, 0.4) is 0 Å². The highest BCUT2D eigenvalue weighted by atomic mass is 16.5. The molecule has 0 aromatic heterocycles. The van der Waals surface area contributed by atoms with Gasteiger partial charge in [0.25, 0.3) is 0 Å². The Kier molecular flexibility index (Phi) is 7.75. The van der Waals surface area contributed by atoms with Gasteiger partial charge >= 0.3 is 0 Å². The van der Waals surface area contributed by atoms with E-state index >= 15 is 0 Å². The Morgan fingerprint density at radius 1 is 1.06 bits per heavy atom. The fourth-order valence-corrected chi connectivity index (χ4v) is 4.90. The zero-order valence-electron chi connectivity index (χ0n) is 19.3. The lowest BCUT2D eigenvalue weighted by atomic mass is 9.94. The van der Waals surface area contributed by atoms with E-state index < -0.39 is 0 Å². The Morgan fingerprint density at radius 2 is 1.73 bits per heavy atom. The maximum atomic E-state index is 12.4. The van der Waals surface area contributed by atoms with Gasteiger partial charge in [-0.1, -0.05) is 19.1 Å². The summed E-state index contributed by atoms with van der Waals surface area (Å²) in [4.78, 5) is 24.3. The highest BCUT2D eigenvalue weighted by Gasteiger charge is 2.28. The van der Waals surface area contributed by atoms with Gasteiger partial charge in [-0.05, 0) is 78.7 Å². The van der Waals surface area contributed by atoms with Crippen LogP contribution in [0.2, 0.25) is 0 Å². The lowest BCUT2D eigenvalue weighted by Gasteiger charge is -2.14.